The average Bonchev–Trinajstić information content (AvgIpc) is 2.30. The highest BCUT2D eigenvalue weighted by molar-refractivity contribution is 5.58. The van der Waals surface area contributed by atoms with E-state index in [-0.39, 0.29) is 0 Å². The number of benzene rings is 1. The van der Waals surface area contributed by atoms with E-state index in [4.69, 9.17) is 0 Å². The van der Waals surface area contributed by atoms with Crippen LogP contribution in [0.3, 0.4) is 0 Å². The normalized spacial score (nSPS) is 10.1. The maximum absolute atomic E-state index is 4.38. The molecule has 69 valence electrons. The highest BCUT2D eigenvalue weighted by Crippen LogP contribution is 2.15. The van der Waals surface area contributed by atoms with E-state index in [1.165, 1.54) is 5.56 Å². The standard InChI is InChI=1S/C13H12N/c1-2-11-8-9-13(14-10-11)12-6-4-3-5-7-12/h3-10H,1-2H2. The van der Waals surface area contributed by atoms with Gasteiger partial charge in [0.2, 0.25) is 0 Å². The SMILES string of the molecule is [CH2]Cc1ccc(-c2ccccc2)nc1. The van der Waals surface area contributed by atoms with E-state index < -0.39 is 0 Å². The minimum Gasteiger partial charge on any atom is -0.256 e. The molecule has 1 aromatic carbocycles. The highest BCUT2D eigenvalue weighted by Gasteiger charge is 1.96. The molecule has 14 heavy (non-hydrogen) atoms. The van der Waals surface area contributed by atoms with Gasteiger partial charge >= 0.3 is 0 Å². The van der Waals surface area contributed by atoms with E-state index in [9.17, 15) is 0 Å². The fourth-order valence-electron chi connectivity index (χ4n) is 1.35. The average molecular weight is 182 g/mol. The van der Waals surface area contributed by atoms with Crippen molar-refractivity contribution in [3.63, 3.8) is 0 Å². The first-order valence-electron chi connectivity index (χ1n) is 4.70. The highest BCUT2D eigenvalue weighted by atomic mass is 14.7. The van der Waals surface area contributed by atoms with Gasteiger partial charge < -0.3 is 0 Å². The lowest BCUT2D eigenvalue weighted by atomic mass is 10.1. The lowest BCUT2D eigenvalue weighted by Gasteiger charge is -2.01. The first kappa shape index (κ1) is 8.95. The van der Waals surface area contributed by atoms with Crippen molar-refractivity contribution in [2.45, 2.75) is 6.42 Å². The molecule has 0 N–H and O–H groups in total. The van der Waals surface area contributed by atoms with Crippen LogP contribution in [-0.4, -0.2) is 4.98 Å². The zero-order valence-corrected chi connectivity index (χ0v) is 7.98. The van der Waals surface area contributed by atoms with Crippen LogP contribution in [0, 0.1) is 6.92 Å². The topological polar surface area (TPSA) is 12.9 Å². The summed E-state index contributed by atoms with van der Waals surface area (Å²) in [4.78, 5) is 4.38. The van der Waals surface area contributed by atoms with Crippen molar-refractivity contribution in [3.8, 4) is 11.3 Å². The smallest absolute Gasteiger partial charge is 0.0702 e. The fourth-order valence-corrected chi connectivity index (χ4v) is 1.35. The molecule has 0 amide bonds. The van der Waals surface area contributed by atoms with E-state index in [2.05, 4.69) is 30.1 Å². The minimum atomic E-state index is 0.794. The van der Waals surface area contributed by atoms with Crippen molar-refractivity contribution in [1.82, 2.24) is 4.98 Å². The predicted molar refractivity (Wildman–Crippen MR) is 58.7 cm³/mol. The fraction of sp³-hybridized carbons (Fsp3) is 0.0769. The number of nitrogens with zero attached hydrogens (tertiary/aromatic N) is 1. The molecule has 0 aliphatic rings. The second-order valence-corrected chi connectivity index (χ2v) is 3.17. The van der Waals surface area contributed by atoms with Crippen LogP contribution in [0.2, 0.25) is 0 Å². The van der Waals surface area contributed by atoms with E-state index in [1.54, 1.807) is 0 Å². The Labute approximate surface area is 84.4 Å². The van der Waals surface area contributed by atoms with Crippen molar-refractivity contribution in [3.05, 3.63) is 61.1 Å². The molecule has 0 aliphatic heterocycles. The van der Waals surface area contributed by atoms with E-state index in [0.29, 0.717) is 0 Å². The van der Waals surface area contributed by atoms with Crippen LogP contribution in [0.5, 0.6) is 0 Å². The number of pyridine rings is 1. The van der Waals surface area contributed by atoms with Crippen LogP contribution < -0.4 is 0 Å². The summed E-state index contributed by atoms with van der Waals surface area (Å²) in [6.07, 6.45) is 2.68. The van der Waals surface area contributed by atoms with Gasteiger partial charge in [0.15, 0.2) is 0 Å². The Morgan fingerprint density at radius 1 is 1.00 bits per heavy atom. The van der Waals surface area contributed by atoms with Crippen LogP contribution in [0.4, 0.5) is 0 Å². The molecule has 0 atom stereocenters. The van der Waals surface area contributed by atoms with Crippen LogP contribution in [-0.2, 0) is 6.42 Å². The molecule has 2 aromatic rings. The van der Waals surface area contributed by atoms with Crippen molar-refractivity contribution in [1.29, 1.82) is 0 Å². The minimum absolute atomic E-state index is 0.794. The molecular weight excluding hydrogens is 170 g/mol. The summed E-state index contributed by atoms with van der Waals surface area (Å²) in [5.41, 5.74) is 3.34. The largest absolute Gasteiger partial charge is 0.256 e. The Bertz CT molecular complexity index is 389. The predicted octanol–water partition coefficient (Wildman–Crippen LogP) is 3.13. The van der Waals surface area contributed by atoms with Crippen molar-refractivity contribution in [2.75, 3.05) is 0 Å². The van der Waals surface area contributed by atoms with E-state index in [1.807, 2.05) is 30.5 Å². The molecule has 1 heteroatoms. The molecule has 1 aromatic heterocycles. The van der Waals surface area contributed by atoms with E-state index >= 15 is 0 Å². The Morgan fingerprint density at radius 2 is 1.79 bits per heavy atom. The Hall–Kier alpha value is -1.63. The summed E-state index contributed by atoms with van der Waals surface area (Å²) in [6.45, 7) is 3.82. The zero-order chi connectivity index (χ0) is 9.80. The van der Waals surface area contributed by atoms with Gasteiger partial charge in [-0.2, -0.15) is 0 Å². The summed E-state index contributed by atoms with van der Waals surface area (Å²) in [5, 5.41) is 0. The molecular formula is C13H12N. The van der Waals surface area contributed by atoms with Crippen LogP contribution in [0.25, 0.3) is 11.3 Å². The first-order chi connectivity index (χ1) is 6.90. The third kappa shape index (κ3) is 1.82. The molecule has 0 spiro atoms. The van der Waals surface area contributed by atoms with Gasteiger partial charge in [-0.1, -0.05) is 36.4 Å². The van der Waals surface area contributed by atoms with Gasteiger partial charge in [-0.3, -0.25) is 4.98 Å². The van der Waals surface area contributed by atoms with Gasteiger partial charge in [-0.05, 0) is 25.0 Å². The van der Waals surface area contributed by atoms with Gasteiger partial charge in [-0.15, -0.1) is 0 Å². The molecule has 1 nitrogen and oxygen atoms in total. The molecule has 0 fully saturated rings. The third-order valence-corrected chi connectivity index (χ3v) is 2.18. The Morgan fingerprint density at radius 3 is 2.36 bits per heavy atom. The number of aromatic nitrogens is 1. The van der Waals surface area contributed by atoms with Crippen LogP contribution in [0.15, 0.2) is 48.7 Å². The number of hydrogen-bond acceptors (Lipinski definition) is 1. The monoisotopic (exact) mass is 182 g/mol. The summed E-state index contributed by atoms with van der Waals surface area (Å²) >= 11 is 0. The van der Waals surface area contributed by atoms with Crippen LogP contribution >= 0.6 is 0 Å². The summed E-state index contributed by atoms with van der Waals surface area (Å²) in [7, 11) is 0. The van der Waals surface area contributed by atoms with Crippen molar-refractivity contribution >= 4 is 0 Å². The molecule has 0 saturated carbocycles. The Kier molecular flexibility index (Phi) is 2.59. The Balaban J connectivity index is 2.34. The van der Waals surface area contributed by atoms with Gasteiger partial charge in [0.05, 0.1) is 5.69 Å². The third-order valence-electron chi connectivity index (χ3n) is 2.18. The van der Waals surface area contributed by atoms with Gasteiger partial charge in [0.1, 0.15) is 0 Å². The van der Waals surface area contributed by atoms with Crippen molar-refractivity contribution < 1.29 is 0 Å². The maximum atomic E-state index is 4.38. The maximum Gasteiger partial charge on any atom is 0.0702 e. The second kappa shape index (κ2) is 4.05. The molecule has 0 bridgehead atoms. The van der Waals surface area contributed by atoms with Crippen molar-refractivity contribution in [2.24, 2.45) is 0 Å². The summed E-state index contributed by atoms with van der Waals surface area (Å²) in [5.74, 6) is 0. The summed E-state index contributed by atoms with van der Waals surface area (Å²) < 4.78 is 0. The first-order valence-corrected chi connectivity index (χ1v) is 4.70. The molecule has 0 aliphatic carbocycles. The number of rotatable bonds is 2. The van der Waals surface area contributed by atoms with Gasteiger partial charge in [-0.25, -0.2) is 0 Å². The molecule has 0 saturated heterocycles. The molecule has 0 unspecified atom stereocenters. The zero-order valence-electron chi connectivity index (χ0n) is 7.98. The van der Waals surface area contributed by atoms with E-state index in [0.717, 1.165) is 17.7 Å². The lowest BCUT2D eigenvalue weighted by molar-refractivity contribution is 1.19. The van der Waals surface area contributed by atoms with Gasteiger partial charge in [0.25, 0.3) is 0 Å². The van der Waals surface area contributed by atoms with Crippen LogP contribution in [0.1, 0.15) is 5.56 Å². The molecule has 2 rings (SSSR count). The molecule has 1 heterocycles. The quantitative estimate of drug-likeness (QED) is 0.695. The summed E-state index contributed by atoms with van der Waals surface area (Å²) in [6, 6.07) is 14.3. The van der Waals surface area contributed by atoms with Gasteiger partial charge in [0, 0.05) is 11.8 Å². The molecule has 1 radical (unpaired) electrons. The lowest BCUT2D eigenvalue weighted by Crippen LogP contribution is -1.85. The number of hydrogen-bond donors (Lipinski definition) is 0. The second-order valence-electron chi connectivity index (χ2n) is 3.17.